The van der Waals surface area contributed by atoms with Crippen molar-refractivity contribution in [1.82, 2.24) is 4.98 Å². The SMILES string of the molecule is Cc1nc([P+](c2ccccc2)(c2ccccc2)c2ccccc2)co1. The Morgan fingerprint density at radius 3 is 1.36 bits per heavy atom. The molecule has 2 nitrogen and oxygen atoms in total. The van der Waals surface area contributed by atoms with Crippen molar-refractivity contribution in [2.75, 3.05) is 0 Å². The lowest BCUT2D eigenvalue weighted by molar-refractivity contribution is 0.522. The van der Waals surface area contributed by atoms with Gasteiger partial charge in [0, 0.05) is 6.92 Å². The number of nitrogens with zero attached hydrogens (tertiary/aromatic N) is 1. The van der Waals surface area contributed by atoms with Gasteiger partial charge in [-0.3, -0.25) is 0 Å². The minimum Gasteiger partial charge on any atom is -0.445 e. The van der Waals surface area contributed by atoms with E-state index in [1.807, 2.05) is 13.2 Å². The van der Waals surface area contributed by atoms with Gasteiger partial charge >= 0.3 is 0 Å². The van der Waals surface area contributed by atoms with Crippen molar-refractivity contribution in [2.24, 2.45) is 0 Å². The molecule has 0 spiro atoms. The van der Waals surface area contributed by atoms with Crippen LogP contribution in [-0.2, 0) is 0 Å². The van der Waals surface area contributed by atoms with Crippen molar-refractivity contribution in [3.8, 4) is 0 Å². The fourth-order valence-corrected chi connectivity index (χ4v) is 7.35. The van der Waals surface area contributed by atoms with Crippen molar-refractivity contribution in [3.63, 3.8) is 0 Å². The van der Waals surface area contributed by atoms with Gasteiger partial charge in [-0.1, -0.05) is 54.6 Å². The van der Waals surface area contributed by atoms with Gasteiger partial charge in [0.05, 0.1) is 0 Å². The molecule has 3 aromatic carbocycles. The van der Waals surface area contributed by atoms with E-state index in [9.17, 15) is 0 Å². The topological polar surface area (TPSA) is 26.0 Å². The normalized spacial score (nSPS) is 11.4. The molecule has 25 heavy (non-hydrogen) atoms. The summed E-state index contributed by atoms with van der Waals surface area (Å²) in [5.74, 6) is 0.696. The van der Waals surface area contributed by atoms with E-state index in [0.717, 1.165) is 5.44 Å². The quantitative estimate of drug-likeness (QED) is 0.529. The Balaban J connectivity index is 2.12. The van der Waals surface area contributed by atoms with Gasteiger partial charge in [-0.15, -0.1) is 0 Å². The highest BCUT2D eigenvalue weighted by Gasteiger charge is 2.50. The Bertz CT molecular complexity index is 852. The Hall–Kier alpha value is -2.70. The molecular formula is C22H19NOP+. The molecule has 1 aromatic heterocycles. The monoisotopic (exact) mass is 344 g/mol. The first-order chi connectivity index (χ1) is 12.3. The average molecular weight is 344 g/mol. The fourth-order valence-electron chi connectivity index (χ4n) is 3.30. The summed E-state index contributed by atoms with van der Waals surface area (Å²) in [5.41, 5.74) is 1.01. The van der Waals surface area contributed by atoms with Crippen molar-refractivity contribution in [2.45, 2.75) is 6.92 Å². The summed E-state index contributed by atoms with van der Waals surface area (Å²) in [6, 6.07) is 32.0. The van der Waals surface area contributed by atoms with Gasteiger partial charge in [0.2, 0.25) is 5.44 Å². The summed E-state index contributed by atoms with van der Waals surface area (Å²) in [6.07, 6.45) is 1.83. The lowest BCUT2D eigenvalue weighted by Crippen LogP contribution is -2.39. The van der Waals surface area contributed by atoms with Crippen LogP contribution in [0.15, 0.2) is 102 Å². The molecule has 3 heteroatoms. The molecule has 0 bridgehead atoms. The van der Waals surface area contributed by atoms with Crippen molar-refractivity contribution in [3.05, 3.63) is 103 Å². The lowest BCUT2D eigenvalue weighted by Gasteiger charge is -2.24. The third-order valence-electron chi connectivity index (χ3n) is 4.38. The maximum atomic E-state index is 5.65. The van der Waals surface area contributed by atoms with E-state index in [0.29, 0.717) is 5.89 Å². The van der Waals surface area contributed by atoms with Crippen LogP contribution >= 0.6 is 7.26 Å². The lowest BCUT2D eigenvalue weighted by atomic mass is 10.4. The molecule has 0 radical (unpaired) electrons. The molecule has 4 rings (SSSR count). The molecule has 122 valence electrons. The summed E-state index contributed by atoms with van der Waals surface area (Å²) in [6.45, 7) is 1.90. The predicted octanol–water partition coefficient (Wildman–Crippen LogP) is 3.60. The van der Waals surface area contributed by atoms with E-state index in [-0.39, 0.29) is 0 Å². The number of rotatable bonds is 4. The van der Waals surface area contributed by atoms with Gasteiger partial charge in [-0.05, 0) is 36.4 Å². The summed E-state index contributed by atoms with van der Waals surface area (Å²) >= 11 is 0. The van der Waals surface area contributed by atoms with Crippen LogP contribution < -0.4 is 21.3 Å². The number of hydrogen-bond acceptors (Lipinski definition) is 2. The molecule has 0 aliphatic rings. The van der Waals surface area contributed by atoms with Crippen LogP contribution in [0.2, 0.25) is 0 Å². The Kier molecular flexibility index (Phi) is 4.21. The molecule has 4 aromatic rings. The fraction of sp³-hybridized carbons (Fsp3) is 0.0455. The Labute approximate surface area is 148 Å². The highest BCUT2D eigenvalue weighted by atomic mass is 31.2. The molecule has 1 heterocycles. The zero-order chi connectivity index (χ0) is 17.1. The maximum Gasteiger partial charge on any atom is 0.236 e. The molecule has 0 saturated heterocycles. The Morgan fingerprint density at radius 1 is 0.640 bits per heavy atom. The smallest absolute Gasteiger partial charge is 0.236 e. The van der Waals surface area contributed by atoms with E-state index in [1.54, 1.807) is 0 Å². The zero-order valence-electron chi connectivity index (χ0n) is 14.0. The highest BCUT2D eigenvalue weighted by molar-refractivity contribution is 8.01. The van der Waals surface area contributed by atoms with Crippen LogP contribution in [-0.4, -0.2) is 4.98 Å². The second-order valence-electron chi connectivity index (χ2n) is 5.90. The maximum absolute atomic E-state index is 5.65. The van der Waals surface area contributed by atoms with Crippen LogP contribution in [0.25, 0.3) is 0 Å². The third-order valence-corrected chi connectivity index (χ3v) is 8.49. The van der Waals surface area contributed by atoms with Gasteiger partial charge < -0.3 is 4.42 Å². The molecule has 0 unspecified atom stereocenters. The first-order valence-electron chi connectivity index (χ1n) is 8.30. The first-order valence-corrected chi connectivity index (χ1v) is 10.1. The number of benzene rings is 3. The van der Waals surface area contributed by atoms with Gasteiger partial charge in [0.1, 0.15) is 15.9 Å². The highest BCUT2D eigenvalue weighted by Crippen LogP contribution is 2.53. The average Bonchev–Trinajstić information content (AvgIpc) is 3.12. The molecule has 0 fully saturated rings. The van der Waals surface area contributed by atoms with Crippen LogP contribution in [0.4, 0.5) is 0 Å². The van der Waals surface area contributed by atoms with E-state index < -0.39 is 7.26 Å². The van der Waals surface area contributed by atoms with Gasteiger partial charge in [0.25, 0.3) is 0 Å². The number of aryl methyl sites for hydroxylation is 1. The van der Waals surface area contributed by atoms with Crippen LogP contribution in [0.1, 0.15) is 5.89 Å². The molecular weight excluding hydrogens is 325 g/mol. The number of aromatic nitrogens is 1. The van der Waals surface area contributed by atoms with Gasteiger partial charge in [-0.2, -0.15) is 4.98 Å². The van der Waals surface area contributed by atoms with Gasteiger partial charge in [0.15, 0.2) is 19.4 Å². The molecule has 0 aliphatic heterocycles. The van der Waals surface area contributed by atoms with Crippen molar-refractivity contribution < 1.29 is 4.42 Å². The molecule has 0 saturated carbocycles. The van der Waals surface area contributed by atoms with Crippen molar-refractivity contribution >= 4 is 28.6 Å². The van der Waals surface area contributed by atoms with Crippen molar-refractivity contribution in [1.29, 1.82) is 0 Å². The summed E-state index contributed by atoms with van der Waals surface area (Å²) in [7, 11) is -2.09. The molecule has 0 N–H and O–H groups in total. The second-order valence-corrected chi connectivity index (χ2v) is 9.25. The minimum atomic E-state index is -2.09. The van der Waals surface area contributed by atoms with E-state index in [1.165, 1.54) is 15.9 Å². The van der Waals surface area contributed by atoms with Crippen LogP contribution in [0.5, 0.6) is 0 Å². The number of hydrogen-bond donors (Lipinski definition) is 0. The molecule has 0 aliphatic carbocycles. The third kappa shape index (κ3) is 2.69. The number of oxazole rings is 1. The second kappa shape index (κ2) is 6.66. The summed E-state index contributed by atoms with van der Waals surface area (Å²) in [4.78, 5) is 4.80. The minimum absolute atomic E-state index is 0.696. The summed E-state index contributed by atoms with van der Waals surface area (Å²) in [5, 5.41) is 3.84. The summed E-state index contributed by atoms with van der Waals surface area (Å²) < 4.78 is 5.65. The standard InChI is InChI=1S/C22H19NOP/c1-18-23-22(17-24-18)25(19-11-5-2-6-12-19,20-13-7-3-8-14-20)21-15-9-4-10-16-21/h2-17H,1H3/q+1. The zero-order valence-corrected chi connectivity index (χ0v) is 14.9. The van der Waals surface area contributed by atoms with E-state index in [4.69, 9.17) is 9.40 Å². The van der Waals surface area contributed by atoms with Gasteiger partial charge in [-0.25, -0.2) is 0 Å². The molecule has 0 amide bonds. The predicted molar refractivity (Wildman–Crippen MR) is 106 cm³/mol. The largest absolute Gasteiger partial charge is 0.445 e. The Morgan fingerprint density at radius 2 is 1.04 bits per heavy atom. The first kappa shape index (κ1) is 15.8. The van der Waals surface area contributed by atoms with Crippen LogP contribution in [0.3, 0.4) is 0 Å². The van der Waals surface area contributed by atoms with E-state index in [2.05, 4.69) is 91.0 Å². The molecule has 0 atom stereocenters. The van der Waals surface area contributed by atoms with Crippen LogP contribution in [0, 0.1) is 6.92 Å². The van der Waals surface area contributed by atoms with E-state index >= 15 is 0 Å².